The first-order chi connectivity index (χ1) is 19.2. The Hall–Kier alpha value is -1.39. The average molecular weight is 815 g/mol. The van der Waals surface area contributed by atoms with Gasteiger partial charge in [-0.05, 0) is 60.1 Å². The molecule has 0 spiro atoms. The third-order valence-corrected chi connectivity index (χ3v) is 7.37. The van der Waals surface area contributed by atoms with Crippen LogP contribution in [0.2, 0.25) is 23.1 Å². The summed E-state index contributed by atoms with van der Waals surface area (Å²) < 4.78 is 0. The van der Waals surface area contributed by atoms with Crippen molar-refractivity contribution in [3.8, 4) is 0 Å². The standard InChI is InChI=1S/2C17H14Cl.C2H6Si.2ClH.Hf/c2*1-12-10-14-4-2-3-5-16(17(14)11-12)13-6-8-15(18)9-7-13;1-3-2;;;/h2*2-4,6-9,11,16H,5H2,1H3;1-2H3;2*1H;/q2*-1;;;;+2/p-2. The van der Waals surface area contributed by atoms with Gasteiger partial charge in [-0.1, -0.05) is 73.5 Å². The largest absolute Gasteiger partial charge is 1.00 e. The van der Waals surface area contributed by atoms with E-state index in [1.54, 1.807) is 0 Å². The summed E-state index contributed by atoms with van der Waals surface area (Å²) in [6.45, 7) is 8.87. The van der Waals surface area contributed by atoms with Crippen molar-refractivity contribution in [2.24, 2.45) is 0 Å². The number of rotatable bonds is 2. The molecular formula is C36H34Cl4HfSi-2. The van der Waals surface area contributed by atoms with E-state index in [1.165, 1.54) is 67.6 Å². The van der Waals surface area contributed by atoms with Crippen LogP contribution in [0.3, 0.4) is 0 Å². The zero-order valence-corrected chi connectivity index (χ0v) is 31.9. The first-order valence-corrected chi connectivity index (χ1v) is 22.3. The van der Waals surface area contributed by atoms with Gasteiger partial charge in [-0.15, -0.1) is 47.6 Å². The molecule has 0 bridgehead atoms. The van der Waals surface area contributed by atoms with E-state index in [-0.39, 0.29) is 30.3 Å². The van der Waals surface area contributed by atoms with E-state index in [0.717, 1.165) is 22.9 Å². The smallest absolute Gasteiger partial charge is 1.00 e. The second-order valence-electron chi connectivity index (χ2n) is 10.5. The van der Waals surface area contributed by atoms with Crippen LogP contribution in [0, 0.1) is 12.2 Å². The fourth-order valence-corrected chi connectivity index (χ4v) is 5.40. The first-order valence-electron chi connectivity index (χ1n) is 13.6. The Balaban J connectivity index is 0.000000250. The van der Waals surface area contributed by atoms with Crippen molar-refractivity contribution in [1.29, 1.82) is 0 Å². The molecule has 0 saturated heterocycles. The summed E-state index contributed by atoms with van der Waals surface area (Å²) in [6.07, 6.45) is 26.4. The molecule has 0 N–H and O–H groups in total. The van der Waals surface area contributed by atoms with Gasteiger partial charge in [-0.3, -0.25) is 0 Å². The van der Waals surface area contributed by atoms with Gasteiger partial charge in [0.25, 0.3) is 0 Å². The fraction of sp³-hybridized carbons (Fsp3) is 0.222. The van der Waals surface area contributed by atoms with Crippen molar-refractivity contribution >= 4 is 28.7 Å². The maximum absolute atomic E-state index is 5.96. The van der Waals surface area contributed by atoms with Gasteiger partial charge in [-0.25, -0.2) is 0 Å². The average Bonchev–Trinajstić information content (AvgIpc) is 3.32. The Morgan fingerprint density at radius 3 is 1.33 bits per heavy atom. The van der Waals surface area contributed by atoms with Crippen LogP contribution in [-0.4, -0.2) is 5.49 Å². The third kappa shape index (κ3) is 10.4. The van der Waals surface area contributed by atoms with E-state index >= 15 is 0 Å². The van der Waals surface area contributed by atoms with Crippen LogP contribution >= 0.6 is 23.2 Å². The van der Waals surface area contributed by atoms with E-state index in [1.807, 2.05) is 24.3 Å². The van der Waals surface area contributed by atoms with Crippen LogP contribution in [0.5, 0.6) is 0 Å². The Morgan fingerprint density at radius 1 is 0.667 bits per heavy atom. The normalized spacial score (nSPS) is 19.4. The van der Waals surface area contributed by atoms with Gasteiger partial charge in [0.05, 0.1) is 0 Å². The Bertz CT molecular complexity index is 1390. The monoisotopic (exact) mass is 814 g/mol. The van der Waals surface area contributed by atoms with Crippen LogP contribution in [0.15, 0.2) is 131 Å². The molecule has 0 saturated carbocycles. The Labute approximate surface area is 289 Å². The van der Waals surface area contributed by atoms with Crippen molar-refractivity contribution in [3.63, 3.8) is 0 Å². The topological polar surface area (TPSA) is 0 Å². The number of allylic oxidation sites excluding steroid dienone is 16. The molecule has 6 heteroatoms. The van der Waals surface area contributed by atoms with Crippen molar-refractivity contribution in [3.05, 3.63) is 164 Å². The van der Waals surface area contributed by atoms with Gasteiger partial charge in [0.2, 0.25) is 0 Å². The van der Waals surface area contributed by atoms with E-state index in [2.05, 4.69) is 112 Å². The molecule has 0 amide bonds. The SMILES string of the molecule is CC1=[C-]C2=CC=CCC(c3ccc(Cl)cc3)C2=C1.CC1=[C-]C2=CC=CCC(c3ccc(Cl)cc3)C2=C1.C[Si](C)=[Hf+2].[Cl-].[Cl-]. The van der Waals surface area contributed by atoms with Crippen LogP contribution in [0.4, 0.5) is 0 Å². The van der Waals surface area contributed by atoms with E-state index in [9.17, 15) is 0 Å². The summed E-state index contributed by atoms with van der Waals surface area (Å²) >= 11 is 13.4. The maximum Gasteiger partial charge on any atom is -1.00 e. The maximum atomic E-state index is 5.96. The molecule has 0 nitrogen and oxygen atoms in total. The zero-order chi connectivity index (χ0) is 28.6. The van der Waals surface area contributed by atoms with Gasteiger partial charge >= 0.3 is 41.6 Å². The van der Waals surface area contributed by atoms with Gasteiger partial charge in [0, 0.05) is 10.0 Å². The van der Waals surface area contributed by atoms with E-state index in [0.29, 0.717) is 11.8 Å². The third-order valence-electron chi connectivity index (χ3n) is 6.87. The van der Waals surface area contributed by atoms with Crippen molar-refractivity contribution in [1.82, 2.24) is 0 Å². The zero-order valence-electron chi connectivity index (χ0n) is 24.3. The van der Waals surface area contributed by atoms with Crippen LogP contribution in [0.1, 0.15) is 49.7 Å². The Morgan fingerprint density at radius 2 is 1.00 bits per heavy atom. The number of hydrogen-bond acceptors (Lipinski definition) is 0. The number of halogens is 4. The minimum atomic E-state index is 0. The summed E-state index contributed by atoms with van der Waals surface area (Å²) in [6, 6.07) is 16.4. The van der Waals surface area contributed by atoms with Crippen LogP contribution in [-0.2, 0) is 23.0 Å². The number of fused-ring (bicyclic) bond motifs is 2. The molecule has 4 aliphatic carbocycles. The molecule has 2 atom stereocenters. The van der Waals surface area contributed by atoms with Crippen LogP contribution < -0.4 is 24.8 Å². The number of benzene rings is 2. The molecule has 0 heterocycles. The predicted molar refractivity (Wildman–Crippen MR) is 171 cm³/mol. The fourth-order valence-electron chi connectivity index (χ4n) is 5.15. The molecule has 4 aliphatic rings. The molecule has 216 valence electrons. The van der Waals surface area contributed by atoms with Crippen molar-refractivity contribution < 1.29 is 47.8 Å². The minimum Gasteiger partial charge on any atom is -1.00 e. The van der Waals surface area contributed by atoms with E-state index < -0.39 is 0 Å². The molecule has 0 aliphatic heterocycles. The summed E-state index contributed by atoms with van der Waals surface area (Å²) in [4.78, 5) is 0. The Kier molecular flexibility index (Phi) is 15.6. The molecule has 2 aromatic rings. The molecule has 0 fully saturated rings. The molecular weight excluding hydrogens is 781 g/mol. The molecule has 0 radical (unpaired) electrons. The quantitative estimate of drug-likeness (QED) is 0.303. The molecule has 42 heavy (non-hydrogen) atoms. The number of hydrogen-bond donors (Lipinski definition) is 0. The van der Waals surface area contributed by atoms with Gasteiger partial charge in [0.1, 0.15) is 0 Å². The van der Waals surface area contributed by atoms with Crippen LogP contribution in [0.25, 0.3) is 0 Å². The molecule has 2 unspecified atom stereocenters. The predicted octanol–water partition coefficient (Wildman–Crippen LogP) is 4.79. The minimum absolute atomic E-state index is 0. The van der Waals surface area contributed by atoms with Gasteiger partial charge in [0.15, 0.2) is 0 Å². The first kappa shape index (κ1) is 36.8. The molecule has 6 rings (SSSR count). The van der Waals surface area contributed by atoms with Gasteiger partial charge < -0.3 is 24.8 Å². The summed E-state index contributed by atoms with van der Waals surface area (Å²) in [5.41, 5.74) is 10.5. The van der Waals surface area contributed by atoms with E-state index in [4.69, 9.17) is 23.2 Å². The summed E-state index contributed by atoms with van der Waals surface area (Å²) in [5, 5.41) is 1.58. The van der Waals surface area contributed by atoms with Crippen molar-refractivity contribution in [2.75, 3.05) is 0 Å². The second-order valence-corrected chi connectivity index (χ2v) is 24.2. The van der Waals surface area contributed by atoms with Crippen molar-refractivity contribution in [2.45, 2.75) is 51.6 Å². The summed E-state index contributed by atoms with van der Waals surface area (Å²) in [5.74, 6) is 0.828. The second kappa shape index (κ2) is 17.8. The van der Waals surface area contributed by atoms with Gasteiger partial charge in [-0.2, -0.15) is 34.4 Å². The molecule has 2 aromatic carbocycles. The summed E-state index contributed by atoms with van der Waals surface area (Å²) in [7, 11) is 0. The molecule has 0 aromatic heterocycles.